The second kappa shape index (κ2) is 6.41. The lowest BCUT2D eigenvalue weighted by Crippen LogP contribution is -2.32. The van der Waals surface area contributed by atoms with Gasteiger partial charge in [-0.25, -0.2) is 12.7 Å². The van der Waals surface area contributed by atoms with Gasteiger partial charge in [-0.2, -0.15) is 0 Å². The Morgan fingerprint density at radius 3 is 2.33 bits per heavy atom. The van der Waals surface area contributed by atoms with Crippen molar-refractivity contribution in [1.29, 1.82) is 0 Å². The first-order valence-corrected chi connectivity index (χ1v) is 9.19. The van der Waals surface area contributed by atoms with Crippen molar-refractivity contribution in [3.05, 3.63) is 54.0 Å². The third-order valence-electron chi connectivity index (χ3n) is 4.03. The Morgan fingerprint density at radius 2 is 1.83 bits per heavy atom. The van der Waals surface area contributed by atoms with Crippen molar-refractivity contribution in [2.45, 2.75) is 30.3 Å². The van der Waals surface area contributed by atoms with Crippen LogP contribution in [0.5, 0.6) is 0 Å². The van der Waals surface area contributed by atoms with Gasteiger partial charge in [-0.15, -0.1) is 0 Å². The van der Waals surface area contributed by atoms with E-state index in [0.29, 0.717) is 12.1 Å². The number of nitrogens with zero attached hydrogens (tertiary/aromatic N) is 2. The number of furan rings is 1. The number of sulfonamides is 1. The SMILES string of the molecule is CN(C)S(=O)(=O)c1ccc(C(=O)N(Cc2ccco2)C2CC2)cc1. The van der Waals surface area contributed by atoms with Crippen LogP contribution in [0.4, 0.5) is 0 Å². The Hall–Kier alpha value is -2.12. The molecule has 128 valence electrons. The van der Waals surface area contributed by atoms with Crippen molar-refractivity contribution in [2.75, 3.05) is 14.1 Å². The molecule has 1 fully saturated rings. The van der Waals surface area contributed by atoms with E-state index in [2.05, 4.69) is 0 Å². The zero-order valence-electron chi connectivity index (χ0n) is 13.7. The average molecular weight is 348 g/mol. The summed E-state index contributed by atoms with van der Waals surface area (Å²) in [4.78, 5) is 14.7. The molecule has 0 radical (unpaired) electrons. The van der Waals surface area contributed by atoms with Crippen molar-refractivity contribution < 1.29 is 17.6 Å². The molecule has 0 unspecified atom stereocenters. The van der Waals surface area contributed by atoms with Gasteiger partial charge in [-0.3, -0.25) is 4.79 Å². The van der Waals surface area contributed by atoms with Crippen LogP contribution in [0.2, 0.25) is 0 Å². The maximum Gasteiger partial charge on any atom is 0.254 e. The van der Waals surface area contributed by atoms with Gasteiger partial charge in [0.05, 0.1) is 17.7 Å². The van der Waals surface area contributed by atoms with Crippen LogP contribution in [-0.4, -0.2) is 43.7 Å². The fourth-order valence-corrected chi connectivity index (χ4v) is 3.37. The Kier molecular flexibility index (Phi) is 4.47. The first-order chi connectivity index (χ1) is 11.4. The second-order valence-electron chi connectivity index (χ2n) is 6.06. The van der Waals surface area contributed by atoms with Gasteiger partial charge >= 0.3 is 0 Å². The minimum absolute atomic E-state index is 0.109. The van der Waals surface area contributed by atoms with E-state index in [1.807, 2.05) is 6.07 Å². The Labute approximate surface area is 141 Å². The zero-order valence-corrected chi connectivity index (χ0v) is 14.5. The zero-order chi connectivity index (χ0) is 17.3. The van der Waals surface area contributed by atoms with Crippen LogP contribution in [0, 0.1) is 0 Å². The van der Waals surface area contributed by atoms with Crippen molar-refractivity contribution in [3.8, 4) is 0 Å². The maximum atomic E-state index is 12.8. The molecule has 1 aliphatic carbocycles. The largest absolute Gasteiger partial charge is 0.467 e. The lowest BCUT2D eigenvalue weighted by atomic mass is 10.2. The highest BCUT2D eigenvalue weighted by molar-refractivity contribution is 7.89. The normalized spacial score (nSPS) is 14.8. The molecule has 24 heavy (non-hydrogen) atoms. The van der Waals surface area contributed by atoms with E-state index < -0.39 is 10.0 Å². The topological polar surface area (TPSA) is 70.8 Å². The molecular weight excluding hydrogens is 328 g/mol. The van der Waals surface area contributed by atoms with Crippen LogP contribution in [0.3, 0.4) is 0 Å². The fraction of sp³-hybridized carbons (Fsp3) is 0.353. The van der Waals surface area contributed by atoms with E-state index in [1.165, 1.54) is 26.2 Å². The summed E-state index contributed by atoms with van der Waals surface area (Å²) in [6, 6.07) is 9.95. The lowest BCUT2D eigenvalue weighted by molar-refractivity contribution is 0.0717. The minimum atomic E-state index is -3.49. The van der Waals surface area contributed by atoms with Gasteiger partial charge in [0.2, 0.25) is 10.0 Å². The second-order valence-corrected chi connectivity index (χ2v) is 8.21. The standard InChI is InChI=1S/C17H20N2O4S/c1-18(2)24(21,22)16-9-5-13(6-10-16)17(20)19(14-7-8-14)12-15-4-3-11-23-15/h3-6,9-11,14H,7-8,12H2,1-2H3. The van der Waals surface area contributed by atoms with Crippen LogP contribution in [0.15, 0.2) is 52.0 Å². The molecule has 0 saturated heterocycles. The molecule has 3 rings (SSSR count). The highest BCUT2D eigenvalue weighted by Crippen LogP contribution is 2.30. The number of carbonyl (C=O) groups is 1. The van der Waals surface area contributed by atoms with Crippen LogP contribution in [-0.2, 0) is 16.6 Å². The van der Waals surface area contributed by atoms with Gasteiger partial charge in [0, 0.05) is 25.7 Å². The smallest absolute Gasteiger partial charge is 0.254 e. The van der Waals surface area contributed by atoms with Gasteiger partial charge < -0.3 is 9.32 Å². The summed E-state index contributed by atoms with van der Waals surface area (Å²) in [5.74, 6) is 0.629. The fourth-order valence-electron chi connectivity index (χ4n) is 2.47. The van der Waals surface area contributed by atoms with E-state index in [1.54, 1.807) is 29.4 Å². The molecule has 0 bridgehead atoms. The summed E-state index contributed by atoms with van der Waals surface area (Å²) in [7, 11) is -0.534. The summed E-state index contributed by atoms with van der Waals surface area (Å²) in [5.41, 5.74) is 0.478. The number of hydrogen-bond donors (Lipinski definition) is 0. The molecule has 6 nitrogen and oxygen atoms in total. The van der Waals surface area contributed by atoms with E-state index in [4.69, 9.17) is 4.42 Å². The predicted octanol–water partition coefficient (Wildman–Crippen LogP) is 2.33. The minimum Gasteiger partial charge on any atom is -0.467 e. The average Bonchev–Trinajstić information content (AvgIpc) is 3.28. The summed E-state index contributed by atoms with van der Waals surface area (Å²) in [6.45, 7) is 0.425. The van der Waals surface area contributed by atoms with Gasteiger partial charge in [0.1, 0.15) is 5.76 Å². The van der Waals surface area contributed by atoms with Gasteiger partial charge in [0.25, 0.3) is 5.91 Å². The van der Waals surface area contributed by atoms with Crippen LogP contribution < -0.4 is 0 Å². The molecule has 0 spiro atoms. The molecule has 0 N–H and O–H groups in total. The van der Waals surface area contributed by atoms with Crippen molar-refractivity contribution in [1.82, 2.24) is 9.21 Å². The summed E-state index contributed by atoms with van der Waals surface area (Å²) in [5, 5.41) is 0. The highest BCUT2D eigenvalue weighted by Gasteiger charge is 2.33. The Balaban J connectivity index is 1.81. The molecule has 1 heterocycles. The molecule has 1 aromatic heterocycles. The predicted molar refractivity (Wildman–Crippen MR) is 88.9 cm³/mol. The van der Waals surface area contributed by atoms with Gasteiger partial charge in [-0.05, 0) is 49.2 Å². The number of amides is 1. The first kappa shape index (κ1) is 16.7. The summed E-state index contributed by atoms with van der Waals surface area (Å²) >= 11 is 0. The quantitative estimate of drug-likeness (QED) is 0.803. The molecular formula is C17H20N2O4S. The van der Waals surface area contributed by atoms with Gasteiger partial charge in [-0.1, -0.05) is 0 Å². The van der Waals surface area contributed by atoms with Crippen LogP contribution in [0.1, 0.15) is 29.0 Å². The number of carbonyl (C=O) groups excluding carboxylic acids is 1. The number of benzene rings is 1. The molecule has 1 aliphatic rings. The molecule has 1 amide bonds. The third-order valence-corrected chi connectivity index (χ3v) is 5.86. The van der Waals surface area contributed by atoms with Crippen molar-refractivity contribution >= 4 is 15.9 Å². The van der Waals surface area contributed by atoms with Crippen molar-refractivity contribution in [3.63, 3.8) is 0 Å². The van der Waals surface area contributed by atoms with Crippen LogP contribution >= 0.6 is 0 Å². The lowest BCUT2D eigenvalue weighted by Gasteiger charge is -2.21. The molecule has 7 heteroatoms. The maximum absolute atomic E-state index is 12.8. The Morgan fingerprint density at radius 1 is 1.17 bits per heavy atom. The number of rotatable bonds is 6. The summed E-state index contributed by atoms with van der Waals surface area (Å²) in [6.07, 6.45) is 3.56. The van der Waals surface area contributed by atoms with E-state index in [0.717, 1.165) is 22.9 Å². The molecule has 0 atom stereocenters. The monoisotopic (exact) mass is 348 g/mol. The number of hydrogen-bond acceptors (Lipinski definition) is 4. The summed E-state index contributed by atoms with van der Waals surface area (Å²) < 4.78 is 30.7. The van der Waals surface area contributed by atoms with Crippen molar-refractivity contribution in [2.24, 2.45) is 0 Å². The molecule has 1 aromatic carbocycles. The third kappa shape index (κ3) is 3.37. The van der Waals surface area contributed by atoms with Crippen LogP contribution in [0.25, 0.3) is 0 Å². The van der Waals surface area contributed by atoms with E-state index in [9.17, 15) is 13.2 Å². The van der Waals surface area contributed by atoms with Gasteiger partial charge in [0.15, 0.2) is 0 Å². The highest BCUT2D eigenvalue weighted by atomic mass is 32.2. The van der Waals surface area contributed by atoms with E-state index in [-0.39, 0.29) is 16.8 Å². The Bertz CT molecular complexity index is 807. The molecule has 1 saturated carbocycles. The molecule has 2 aromatic rings. The molecule has 0 aliphatic heterocycles. The first-order valence-electron chi connectivity index (χ1n) is 7.75. The van der Waals surface area contributed by atoms with E-state index >= 15 is 0 Å².